The average molecular weight is 445 g/mol. The molecule has 2 aromatic heterocycles. The highest BCUT2D eigenvalue weighted by Crippen LogP contribution is 2.34. The van der Waals surface area contributed by atoms with Crippen LogP contribution in [0.4, 0.5) is 0 Å². The monoisotopic (exact) mass is 444 g/mol. The third-order valence-corrected chi connectivity index (χ3v) is 7.30. The van der Waals surface area contributed by atoms with E-state index < -0.39 is 15.1 Å². The van der Waals surface area contributed by atoms with Gasteiger partial charge in [-0.2, -0.15) is 9.97 Å². The Morgan fingerprint density at radius 1 is 1.10 bits per heavy atom. The fourth-order valence-corrected chi connectivity index (χ4v) is 5.36. The van der Waals surface area contributed by atoms with Gasteiger partial charge in [0.05, 0.1) is 19.5 Å². The Labute approximate surface area is 180 Å². The maximum Gasteiger partial charge on any atom is 0.245 e. The summed E-state index contributed by atoms with van der Waals surface area (Å²) in [6.07, 6.45) is 2.76. The van der Waals surface area contributed by atoms with Crippen LogP contribution in [0.25, 0.3) is 17.1 Å². The lowest BCUT2D eigenvalue weighted by Gasteiger charge is -2.23. The van der Waals surface area contributed by atoms with Crippen LogP contribution in [-0.2, 0) is 15.6 Å². The number of benzene rings is 1. The lowest BCUT2D eigenvalue weighted by Crippen LogP contribution is -2.39. The van der Waals surface area contributed by atoms with Crippen molar-refractivity contribution in [3.8, 4) is 28.8 Å². The first kappa shape index (κ1) is 21.2. The molecular formula is C20H24N6O4S. The van der Waals surface area contributed by atoms with Crippen LogP contribution in [0.3, 0.4) is 0 Å². The summed E-state index contributed by atoms with van der Waals surface area (Å²) in [5.74, 6) is 0.860. The van der Waals surface area contributed by atoms with E-state index in [0.29, 0.717) is 24.5 Å². The fraction of sp³-hybridized carbons (Fsp3) is 0.400. The van der Waals surface area contributed by atoms with Crippen molar-refractivity contribution in [2.24, 2.45) is 0 Å². The predicted octanol–water partition coefficient (Wildman–Crippen LogP) is 1.41. The summed E-state index contributed by atoms with van der Waals surface area (Å²) >= 11 is 0. The van der Waals surface area contributed by atoms with Gasteiger partial charge in [-0.15, -0.1) is 10.2 Å². The molecule has 0 spiro atoms. The Balaban J connectivity index is 1.88. The van der Waals surface area contributed by atoms with Crippen molar-refractivity contribution >= 4 is 9.84 Å². The van der Waals surface area contributed by atoms with Crippen LogP contribution in [-0.4, -0.2) is 65.7 Å². The molecule has 0 bridgehead atoms. The normalized spacial score (nSPS) is 16.8. The number of aromatic nitrogens is 5. The van der Waals surface area contributed by atoms with Gasteiger partial charge in [-0.3, -0.25) is 4.57 Å². The van der Waals surface area contributed by atoms with E-state index in [0.717, 1.165) is 18.5 Å². The summed E-state index contributed by atoms with van der Waals surface area (Å²) in [6, 6.07) is 9.36. The van der Waals surface area contributed by atoms with Crippen molar-refractivity contribution in [3.63, 3.8) is 0 Å². The first-order valence-corrected chi connectivity index (χ1v) is 11.6. The molecule has 0 unspecified atom stereocenters. The molecule has 11 heteroatoms. The number of hydrogen-bond acceptors (Lipinski definition) is 9. The molecular weight excluding hydrogens is 420 g/mol. The fourth-order valence-electron chi connectivity index (χ4n) is 3.68. The number of nitrogens with one attached hydrogen (secondary N) is 1. The third kappa shape index (κ3) is 4.23. The minimum absolute atomic E-state index is 0.224. The van der Waals surface area contributed by atoms with E-state index in [1.807, 2.05) is 30.3 Å². The number of nitrogens with zero attached hydrogens (tertiary/aromatic N) is 5. The van der Waals surface area contributed by atoms with Crippen LogP contribution < -0.4 is 14.8 Å². The molecule has 1 N–H and O–H groups in total. The van der Waals surface area contributed by atoms with Gasteiger partial charge in [-0.05, 0) is 19.4 Å². The second kappa shape index (κ2) is 8.98. The summed E-state index contributed by atoms with van der Waals surface area (Å²) in [7, 11) is -0.535. The molecule has 0 saturated carbocycles. The summed E-state index contributed by atoms with van der Waals surface area (Å²) in [6.45, 7) is 1.26. The largest absolute Gasteiger partial charge is 0.479 e. The van der Waals surface area contributed by atoms with E-state index in [-0.39, 0.29) is 23.3 Å². The van der Waals surface area contributed by atoms with Crippen LogP contribution >= 0.6 is 0 Å². The van der Waals surface area contributed by atoms with Gasteiger partial charge in [-0.25, -0.2) is 8.42 Å². The highest BCUT2D eigenvalue weighted by molar-refractivity contribution is 7.91. The van der Waals surface area contributed by atoms with E-state index in [4.69, 9.17) is 9.47 Å². The van der Waals surface area contributed by atoms with Crippen LogP contribution in [0.1, 0.15) is 18.7 Å². The molecule has 1 atom stereocenters. The van der Waals surface area contributed by atoms with Crippen LogP contribution in [0.2, 0.25) is 0 Å². The van der Waals surface area contributed by atoms with E-state index in [1.165, 1.54) is 20.5 Å². The summed E-state index contributed by atoms with van der Waals surface area (Å²) in [5, 5.41) is 11.2. The Hall–Kier alpha value is -3.05. The second-order valence-electron chi connectivity index (χ2n) is 7.16. The molecule has 4 rings (SSSR count). The van der Waals surface area contributed by atoms with E-state index in [2.05, 4.69) is 25.5 Å². The van der Waals surface area contributed by atoms with Crippen molar-refractivity contribution in [2.75, 3.05) is 27.3 Å². The standard InChI is InChI=1S/C20H24N6O4S/c1-29-19-17(20(30-2)23-13-22-19)26-16(12-31(27,28)15-9-6-10-21-11-15)24-25-18(26)14-7-4-3-5-8-14/h3-5,7-8,13,15,21H,6,9-12H2,1-2H3/t15-/m1/s1. The molecule has 3 heterocycles. The van der Waals surface area contributed by atoms with Crippen LogP contribution in [0.15, 0.2) is 36.7 Å². The molecule has 164 valence electrons. The molecule has 1 aliphatic heterocycles. The Morgan fingerprint density at radius 3 is 2.42 bits per heavy atom. The van der Waals surface area contributed by atoms with E-state index in [1.54, 1.807) is 4.57 Å². The predicted molar refractivity (Wildman–Crippen MR) is 114 cm³/mol. The zero-order valence-corrected chi connectivity index (χ0v) is 18.2. The Kier molecular flexibility index (Phi) is 6.14. The number of sulfone groups is 1. The second-order valence-corrected chi connectivity index (χ2v) is 9.44. The molecule has 0 radical (unpaired) electrons. The lowest BCUT2D eigenvalue weighted by molar-refractivity contribution is 0.368. The quantitative estimate of drug-likeness (QED) is 0.576. The summed E-state index contributed by atoms with van der Waals surface area (Å²) in [5.41, 5.74) is 1.11. The molecule has 10 nitrogen and oxygen atoms in total. The first-order valence-electron chi connectivity index (χ1n) is 9.90. The molecule has 1 fully saturated rings. The van der Waals surface area contributed by atoms with Crippen molar-refractivity contribution in [2.45, 2.75) is 23.8 Å². The molecule has 0 aliphatic carbocycles. The molecule has 0 amide bonds. The van der Waals surface area contributed by atoms with Crippen molar-refractivity contribution in [1.82, 2.24) is 30.0 Å². The van der Waals surface area contributed by atoms with Gasteiger partial charge in [0.15, 0.2) is 27.2 Å². The maximum absolute atomic E-state index is 13.2. The van der Waals surface area contributed by atoms with Gasteiger partial charge in [0, 0.05) is 12.1 Å². The Morgan fingerprint density at radius 2 is 1.81 bits per heavy atom. The zero-order chi connectivity index (χ0) is 21.8. The van der Waals surface area contributed by atoms with Gasteiger partial charge in [0.1, 0.15) is 12.1 Å². The highest BCUT2D eigenvalue weighted by atomic mass is 32.2. The van der Waals surface area contributed by atoms with Crippen LogP contribution in [0, 0.1) is 0 Å². The highest BCUT2D eigenvalue weighted by Gasteiger charge is 2.32. The molecule has 1 saturated heterocycles. The first-order chi connectivity index (χ1) is 15.0. The van der Waals surface area contributed by atoms with Gasteiger partial charge in [0.25, 0.3) is 0 Å². The SMILES string of the molecule is COc1ncnc(OC)c1-n1c(CS(=O)(=O)[C@@H]2CCCNC2)nnc1-c1ccccc1. The van der Waals surface area contributed by atoms with Crippen molar-refractivity contribution in [1.29, 1.82) is 0 Å². The number of rotatable bonds is 7. The lowest BCUT2D eigenvalue weighted by atomic mass is 10.2. The van der Waals surface area contributed by atoms with Gasteiger partial charge in [0.2, 0.25) is 11.8 Å². The van der Waals surface area contributed by atoms with E-state index >= 15 is 0 Å². The van der Waals surface area contributed by atoms with Gasteiger partial charge in [-0.1, -0.05) is 30.3 Å². The van der Waals surface area contributed by atoms with Gasteiger partial charge < -0.3 is 14.8 Å². The van der Waals surface area contributed by atoms with Crippen molar-refractivity contribution in [3.05, 3.63) is 42.5 Å². The molecule has 31 heavy (non-hydrogen) atoms. The number of methoxy groups -OCH3 is 2. The van der Waals surface area contributed by atoms with Crippen molar-refractivity contribution < 1.29 is 17.9 Å². The van der Waals surface area contributed by atoms with E-state index in [9.17, 15) is 8.42 Å². The molecule has 1 aromatic carbocycles. The van der Waals surface area contributed by atoms with Gasteiger partial charge >= 0.3 is 0 Å². The van der Waals surface area contributed by atoms with Crippen LogP contribution in [0.5, 0.6) is 11.8 Å². The topological polar surface area (TPSA) is 121 Å². The Bertz CT molecular complexity index is 1120. The number of hydrogen-bond donors (Lipinski definition) is 1. The summed E-state index contributed by atoms with van der Waals surface area (Å²) < 4.78 is 38.8. The number of ether oxygens (including phenoxy) is 2. The minimum Gasteiger partial charge on any atom is -0.479 e. The average Bonchev–Trinajstić information content (AvgIpc) is 3.21. The minimum atomic E-state index is -3.48. The maximum atomic E-state index is 13.2. The molecule has 1 aliphatic rings. The number of piperidine rings is 1. The smallest absolute Gasteiger partial charge is 0.245 e. The third-order valence-electron chi connectivity index (χ3n) is 5.22. The zero-order valence-electron chi connectivity index (χ0n) is 17.4. The summed E-state index contributed by atoms with van der Waals surface area (Å²) in [4.78, 5) is 8.35. The molecule has 3 aromatic rings.